The zero-order valence-corrected chi connectivity index (χ0v) is 11.5. The van der Waals surface area contributed by atoms with Gasteiger partial charge in [-0.2, -0.15) is 18.4 Å². The predicted molar refractivity (Wildman–Crippen MR) is 72.8 cm³/mol. The lowest BCUT2D eigenvalue weighted by molar-refractivity contribution is -0.137. The summed E-state index contributed by atoms with van der Waals surface area (Å²) in [5, 5.41) is 18.7. The van der Waals surface area contributed by atoms with Gasteiger partial charge in [-0.05, 0) is 31.0 Å². The lowest BCUT2D eigenvalue weighted by Crippen LogP contribution is -2.38. The number of anilines is 1. The number of nitrogens with zero attached hydrogens (tertiary/aromatic N) is 2. The summed E-state index contributed by atoms with van der Waals surface area (Å²) in [6, 6.07) is 4.93. The molecule has 0 radical (unpaired) electrons. The van der Waals surface area contributed by atoms with E-state index >= 15 is 0 Å². The molecule has 0 amide bonds. The van der Waals surface area contributed by atoms with E-state index in [9.17, 15) is 18.3 Å². The summed E-state index contributed by atoms with van der Waals surface area (Å²) in [7, 11) is 0. The molecular weight excluding hydrogens is 281 g/mol. The summed E-state index contributed by atoms with van der Waals surface area (Å²) < 4.78 is 38.2. The monoisotopic (exact) mass is 298 g/mol. The second-order valence-electron chi connectivity index (χ2n) is 5.22. The van der Waals surface area contributed by atoms with Gasteiger partial charge in [0.15, 0.2) is 0 Å². The molecule has 0 bridgehead atoms. The Hall–Kier alpha value is -1.74. The van der Waals surface area contributed by atoms with E-state index in [4.69, 9.17) is 5.26 Å². The third kappa shape index (κ3) is 3.48. The van der Waals surface area contributed by atoms with Gasteiger partial charge < -0.3 is 10.0 Å². The number of aliphatic hydroxyl groups excluding tert-OH is 1. The van der Waals surface area contributed by atoms with E-state index in [1.807, 2.05) is 11.0 Å². The summed E-state index contributed by atoms with van der Waals surface area (Å²) in [5.41, 5.74) is -0.338. The average Bonchev–Trinajstić information content (AvgIpc) is 2.70. The van der Waals surface area contributed by atoms with Crippen LogP contribution in [0.2, 0.25) is 0 Å². The molecule has 0 spiro atoms. The van der Waals surface area contributed by atoms with Gasteiger partial charge in [0.05, 0.1) is 29.5 Å². The van der Waals surface area contributed by atoms with E-state index in [0.717, 1.165) is 37.8 Å². The molecule has 1 saturated heterocycles. The van der Waals surface area contributed by atoms with Gasteiger partial charge in [0, 0.05) is 6.54 Å². The molecule has 0 aliphatic carbocycles. The Balaban J connectivity index is 2.40. The van der Waals surface area contributed by atoms with E-state index in [1.54, 1.807) is 0 Å². The number of rotatable bonds is 2. The topological polar surface area (TPSA) is 47.3 Å². The van der Waals surface area contributed by atoms with Crippen LogP contribution >= 0.6 is 0 Å². The van der Waals surface area contributed by atoms with Crippen LogP contribution < -0.4 is 4.90 Å². The average molecular weight is 298 g/mol. The summed E-state index contributed by atoms with van der Waals surface area (Å²) in [6.45, 7) is 0.581. The minimum absolute atomic E-state index is 0.00479. The first-order valence-electron chi connectivity index (χ1n) is 6.96. The molecule has 1 fully saturated rings. The summed E-state index contributed by atoms with van der Waals surface area (Å²) in [4.78, 5) is 1.87. The third-order valence-corrected chi connectivity index (χ3v) is 3.84. The largest absolute Gasteiger partial charge is 0.416 e. The zero-order valence-electron chi connectivity index (χ0n) is 11.5. The molecule has 6 heteroatoms. The standard InChI is InChI=1S/C15H17F3N2O/c16-15(17,18)12-5-6-14(11(8-12)9-19)20-7-3-1-2-4-13(20)10-21/h5-6,8,13,21H,1-4,7,10H2. The Morgan fingerprint density at radius 2 is 2.05 bits per heavy atom. The number of benzene rings is 1. The fourth-order valence-electron chi connectivity index (χ4n) is 2.74. The van der Waals surface area contributed by atoms with Crippen molar-refractivity contribution in [3.8, 4) is 6.07 Å². The Labute approximate surface area is 121 Å². The van der Waals surface area contributed by atoms with Crippen LogP contribution in [0.25, 0.3) is 0 Å². The normalized spacial score (nSPS) is 20.0. The number of hydrogen-bond acceptors (Lipinski definition) is 3. The Kier molecular flexibility index (Phi) is 4.73. The van der Waals surface area contributed by atoms with Crippen LogP contribution in [0.5, 0.6) is 0 Å². The molecule has 1 aromatic rings. The maximum Gasteiger partial charge on any atom is 0.416 e. The molecule has 21 heavy (non-hydrogen) atoms. The van der Waals surface area contributed by atoms with Crippen LogP contribution in [-0.2, 0) is 6.18 Å². The second-order valence-corrected chi connectivity index (χ2v) is 5.22. The highest BCUT2D eigenvalue weighted by Gasteiger charge is 2.32. The van der Waals surface area contributed by atoms with Crippen molar-refractivity contribution in [3.05, 3.63) is 29.3 Å². The predicted octanol–water partition coefficient (Wildman–Crippen LogP) is 3.32. The van der Waals surface area contributed by atoms with Crippen molar-refractivity contribution < 1.29 is 18.3 Å². The first-order chi connectivity index (χ1) is 9.97. The summed E-state index contributed by atoms with van der Waals surface area (Å²) in [6.07, 6.45) is -0.774. The van der Waals surface area contributed by atoms with Crippen molar-refractivity contribution in [2.24, 2.45) is 0 Å². The quantitative estimate of drug-likeness (QED) is 0.911. The van der Waals surface area contributed by atoms with Crippen molar-refractivity contribution in [2.75, 3.05) is 18.1 Å². The zero-order chi connectivity index (χ0) is 15.5. The van der Waals surface area contributed by atoms with Gasteiger partial charge in [0.1, 0.15) is 6.07 Å². The molecule has 2 rings (SSSR count). The lowest BCUT2D eigenvalue weighted by atomic mass is 10.1. The van der Waals surface area contributed by atoms with Gasteiger partial charge in [-0.15, -0.1) is 0 Å². The Bertz CT molecular complexity index is 537. The van der Waals surface area contributed by atoms with Crippen molar-refractivity contribution in [1.29, 1.82) is 5.26 Å². The van der Waals surface area contributed by atoms with Crippen LogP contribution in [0.1, 0.15) is 36.8 Å². The second kappa shape index (κ2) is 6.35. The van der Waals surface area contributed by atoms with Crippen LogP contribution in [0.15, 0.2) is 18.2 Å². The van der Waals surface area contributed by atoms with Gasteiger partial charge in [-0.1, -0.05) is 12.8 Å². The molecule has 0 saturated carbocycles. The van der Waals surface area contributed by atoms with Crippen molar-refractivity contribution in [2.45, 2.75) is 37.9 Å². The molecule has 3 nitrogen and oxygen atoms in total. The first-order valence-corrected chi connectivity index (χ1v) is 6.96. The van der Waals surface area contributed by atoms with Crippen molar-refractivity contribution >= 4 is 5.69 Å². The van der Waals surface area contributed by atoms with Crippen LogP contribution in [-0.4, -0.2) is 24.3 Å². The summed E-state index contributed by atoms with van der Waals surface area (Å²) in [5.74, 6) is 0. The minimum atomic E-state index is -4.46. The SMILES string of the molecule is N#Cc1cc(C(F)(F)F)ccc1N1CCCCCC1CO. The highest BCUT2D eigenvalue weighted by Crippen LogP contribution is 2.34. The molecule has 1 aromatic carbocycles. The molecule has 1 aliphatic heterocycles. The van der Waals surface area contributed by atoms with Gasteiger partial charge >= 0.3 is 6.18 Å². The van der Waals surface area contributed by atoms with E-state index < -0.39 is 11.7 Å². The van der Waals surface area contributed by atoms with Crippen LogP contribution in [0.3, 0.4) is 0 Å². The van der Waals surface area contributed by atoms with Crippen molar-refractivity contribution in [1.82, 2.24) is 0 Å². The molecule has 1 N–H and O–H groups in total. The smallest absolute Gasteiger partial charge is 0.394 e. The maximum absolute atomic E-state index is 12.7. The molecule has 1 atom stereocenters. The highest BCUT2D eigenvalue weighted by atomic mass is 19.4. The maximum atomic E-state index is 12.7. The number of hydrogen-bond donors (Lipinski definition) is 1. The Morgan fingerprint density at radius 1 is 1.29 bits per heavy atom. The first kappa shape index (κ1) is 15.6. The van der Waals surface area contributed by atoms with E-state index in [0.29, 0.717) is 12.2 Å². The fraction of sp³-hybridized carbons (Fsp3) is 0.533. The fourth-order valence-corrected chi connectivity index (χ4v) is 2.74. The van der Waals surface area contributed by atoms with Crippen LogP contribution in [0, 0.1) is 11.3 Å². The van der Waals surface area contributed by atoms with E-state index in [-0.39, 0.29) is 18.2 Å². The molecule has 1 heterocycles. The third-order valence-electron chi connectivity index (χ3n) is 3.84. The van der Waals surface area contributed by atoms with Gasteiger partial charge in [-0.3, -0.25) is 0 Å². The molecule has 114 valence electrons. The molecule has 1 aliphatic rings. The number of alkyl halides is 3. The molecular formula is C15H17F3N2O. The van der Waals surface area contributed by atoms with Crippen molar-refractivity contribution in [3.63, 3.8) is 0 Å². The number of halogens is 3. The Morgan fingerprint density at radius 3 is 2.67 bits per heavy atom. The number of nitriles is 1. The molecule has 1 unspecified atom stereocenters. The summed E-state index contributed by atoms with van der Waals surface area (Å²) >= 11 is 0. The van der Waals surface area contributed by atoms with E-state index in [2.05, 4.69) is 0 Å². The van der Waals surface area contributed by atoms with Crippen LogP contribution in [0.4, 0.5) is 18.9 Å². The highest BCUT2D eigenvalue weighted by molar-refractivity contribution is 5.61. The van der Waals surface area contributed by atoms with E-state index in [1.165, 1.54) is 6.07 Å². The minimum Gasteiger partial charge on any atom is -0.394 e. The van der Waals surface area contributed by atoms with Gasteiger partial charge in [0.2, 0.25) is 0 Å². The van der Waals surface area contributed by atoms with Gasteiger partial charge in [-0.25, -0.2) is 0 Å². The van der Waals surface area contributed by atoms with Gasteiger partial charge in [0.25, 0.3) is 0 Å². The number of aliphatic hydroxyl groups is 1. The lowest BCUT2D eigenvalue weighted by Gasteiger charge is -2.31. The molecule has 0 aromatic heterocycles.